The third-order valence-corrected chi connectivity index (χ3v) is 2.98. The minimum atomic E-state index is -0.972. The lowest BCUT2D eigenvalue weighted by atomic mass is 9.96. The molecule has 0 bridgehead atoms. The van der Waals surface area contributed by atoms with E-state index in [1.54, 1.807) is 30.3 Å². The number of hydrogen-bond donors (Lipinski definition) is 1. The highest BCUT2D eigenvalue weighted by Crippen LogP contribution is 2.17. The van der Waals surface area contributed by atoms with E-state index in [0.29, 0.717) is 17.5 Å². The molecule has 4 nitrogen and oxygen atoms in total. The molecule has 0 radical (unpaired) electrons. The highest BCUT2D eigenvalue weighted by Gasteiger charge is 2.09. The Kier molecular flexibility index (Phi) is 3.79. The topological polar surface area (TPSA) is 84.9 Å². The van der Waals surface area contributed by atoms with Crippen molar-refractivity contribution in [2.24, 2.45) is 0 Å². The van der Waals surface area contributed by atoms with Gasteiger partial charge in [0.2, 0.25) is 0 Å². The van der Waals surface area contributed by atoms with Crippen LogP contribution in [0.25, 0.3) is 0 Å². The first-order chi connectivity index (χ1) is 9.65. The average molecular weight is 262 g/mol. The Morgan fingerprint density at radius 2 is 1.75 bits per heavy atom. The van der Waals surface area contributed by atoms with E-state index in [2.05, 4.69) is 0 Å². The normalized spacial score (nSPS) is 9.50. The van der Waals surface area contributed by atoms with Crippen LogP contribution in [0.5, 0.6) is 0 Å². The van der Waals surface area contributed by atoms with Crippen LogP contribution >= 0.6 is 0 Å². The lowest BCUT2D eigenvalue weighted by Gasteiger charge is -2.06. The quantitative estimate of drug-likeness (QED) is 0.921. The van der Waals surface area contributed by atoms with Crippen molar-refractivity contribution in [1.82, 2.24) is 0 Å². The Bertz CT molecular complexity index is 735. The molecule has 0 unspecified atom stereocenters. The molecule has 0 aliphatic heterocycles. The van der Waals surface area contributed by atoms with Gasteiger partial charge in [0, 0.05) is 0 Å². The highest BCUT2D eigenvalue weighted by atomic mass is 16.4. The molecule has 4 heteroatoms. The molecule has 0 saturated heterocycles. The Labute approximate surface area is 116 Å². The van der Waals surface area contributed by atoms with Crippen LogP contribution in [0.3, 0.4) is 0 Å². The summed E-state index contributed by atoms with van der Waals surface area (Å²) in [6, 6.07) is 15.7. The zero-order valence-electron chi connectivity index (χ0n) is 10.5. The second-order valence-electron chi connectivity index (χ2n) is 4.24. The molecule has 0 aliphatic carbocycles. The number of rotatable bonds is 3. The summed E-state index contributed by atoms with van der Waals surface area (Å²) in [5.74, 6) is -0.972. The third-order valence-electron chi connectivity index (χ3n) is 2.98. The molecule has 96 valence electrons. The first kappa shape index (κ1) is 13.3. The molecule has 0 fully saturated rings. The summed E-state index contributed by atoms with van der Waals surface area (Å²) in [5, 5.41) is 27.0. The number of carboxylic acids is 1. The predicted octanol–water partition coefficient (Wildman–Crippen LogP) is 2.72. The average Bonchev–Trinajstić information content (AvgIpc) is 2.47. The summed E-state index contributed by atoms with van der Waals surface area (Å²) in [7, 11) is 0. The molecule has 0 spiro atoms. The summed E-state index contributed by atoms with van der Waals surface area (Å²) in [6.45, 7) is 0. The molecular formula is C16H10N2O2. The van der Waals surface area contributed by atoms with Gasteiger partial charge in [0.15, 0.2) is 0 Å². The van der Waals surface area contributed by atoms with Crippen LogP contribution in [0.15, 0.2) is 42.5 Å². The summed E-state index contributed by atoms with van der Waals surface area (Å²) < 4.78 is 0. The highest BCUT2D eigenvalue weighted by molar-refractivity contribution is 5.87. The maximum atomic E-state index is 10.8. The van der Waals surface area contributed by atoms with Gasteiger partial charge < -0.3 is 5.11 Å². The SMILES string of the molecule is N#Cc1cccc(Cc2ccc(C(=O)O)cc2)c1C#N. The van der Waals surface area contributed by atoms with Gasteiger partial charge in [0.05, 0.1) is 16.7 Å². The molecule has 2 aromatic carbocycles. The molecule has 0 aliphatic rings. The third kappa shape index (κ3) is 2.66. The van der Waals surface area contributed by atoms with E-state index < -0.39 is 5.97 Å². The van der Waals surface area contributed by atoms with Crippen LogP contribution in [0.1, 0.15) is 32.6 Å². The van der Waals surface area contributed by atoms with Gasteiger partial charge in [-0.2, -0.15) is 10.5 Å². The fourth-order valence-corrected chi connectivity index (χ4v) is 1.96. The lowest BCUT2D eigenvalue weighted by molar-refractivity contribution is 0.0697. The first-order valence-electron chi connectivity index (χ1n) is 5.90. The fourth-order valence-electron chi connectivity index (χ4n) is 1.96. The summed E-state index contributed by atoms with van der Waals surface area (Å²) >= 11 is 0. The van der Waals surface area contributed by atoms with Crippen molar-refractivity contribution in [2.45, 2.75) is 6.42 Å². The number of carbonyl (C=O) groups is 1. The van der Waals surface area contributed by atoms with Crippen molar-refractivity contribution in [3.63, 3.8) is 0 Å². The van der Waals surface area contributed by atoms with Gasteiger partial charge in [-0.1, -0.05) is 24.3 Å². The predicted molar refractivity (Wildman–Crippen MR) is 72.1 cm³/mol. The van der Waals surface area contributed by atoms with Crippen molar-refractivity contribution < 1.29 is 9.90 Å². The van der Waals surface area contributed by atoms with Crippen LogP contribution in [0.2, 0.25) is 0 Å². The van der Waals surface area contributed by atoms with E-state index in [9.17, 15) is 4.79 Å². The fraction of sp³-hybridized carbons (Fsp3) is 0.0625. The largest absolute Gasteiger partial charge is 0.478 e. The molecule has 0 heterocycles. The molecule has 1 N–H and O–H groups in total. The van der Waals surface area contributed by atoms with Gasteiger partial charge in [0.25, 0.3) is 0 Å². The van der Waals surface area contributed by atoms with Crippen LogP contribution in [0, 0.1) is 22.7 Å². The Morgan fingerprint density at radius 3 is 2.30 bits per heavy atom. The van der Waals surface area contributed by atoms with Crippen LogP contribution in [-0.4, -0.2) is 11.1 Å². The number of nitriles is 2. The van der Waals surface area contributed by atoms with Crippen LogP contribution < -0.4 is 0 Å². The van der Waals surface area contributed by atoms with Gasteiger partial charge in [0.1, 0.15) is 12.1 Å². The zero-order valence-corrected chi connectivity index (χ0v) is 10.5. The van der Waals surface area contributed by atoms with Crippen molar-refractivity contribution in [3.05, 3.63) is 70.3 Å². The van der Waals surface area contributed by atoms with Gasteiger partial charge in [-0.3, -0.25) is 0 Å². The van der Waals surface area contributed by atoms with Crippen molar-refractivity contribution in [3.8, 4) is 12.1 Å². The van der Waals surface area contributed by atoms with E-state index in [4.69, 9.17) is 15.6 Å². The smallest absolute Gasteiger partial charge is 0.335 e. The summed E-state index contributed by atoms with van der Waals surface area (Å²) in [5.41, 5.74) is 2.60. The molecule has 0 atom stereocenters. The minimum absolute atomic E-state index is 0.222. The van der Waals surface area contributed by atoms with Gasteiger partial charge in [-0.15, -0.1) is 0 Å². The maximum Gasteiger partial charge on any atom is 0.335 e. The van der Waals surface area contributed by atoms with E-state index in [1.165, 1.54) is 12.1 Å². The number of hydrogen-bond acceptors (Lipinski definition) is 3. The van der Waals surface area contributed by atoms with E-state index in [-0.39, 0.29) is 5.56 Å². The minimum Gasteiger partial charge on any atom is -0.478 e. The Morgan fingerprint density at radius 1 is 1.05 bits per heavy atom. The molecule has 2 aromatic rings. The first-order valence-corrected chi connectivity index (χ1v) is 5.90. The van der Waals surface area contributed by atoms with Crippen LogP contribution in [0.4, 0.5) is 0 Å². The molecule has 0 saturated carbocycles. The van der Waals surface area contributed by atoms with Crippen LogP contribution in [-0.2, 0) is 6.42 Å². The van der Waals surface area contributed by atoms with E-state index in [1.807, 2.05) is 12.1 Å². The second-order valence-corrected chi connectivity index (χ2v) is 4.24. The molecular weight excluding hydrogens is 252 g/mol. The van der Waals surface area contributed by atoms with E-state index in [0.717, 1.165) is 11.1 Å². The standard InChI is InChI=1S/C16H10N2O2/c17-9-14-3-1-2-13(15(14)10-18)8-11-4-6-12(7-5-11)16(19)20/h1-7H,8H2,(H,19,20). The van der Waals surface area contributed by atoms with Crippen molar-refractivity contribution >= 4 is 5.97 Å². The zero-order chi connectivity index (χ0) is 14.5. The van der Waals surface area contributed by atoms with Gasteiger partial charge in [-0.05, 0) is 35.7 Å². The van der Waals surface area contributed by atoms with Gasteiger partial charge >= 0.3 is 5.97 Å². The maximum absolute atomic E-state index is 10.8. The Balaban J connectivity index is 2.34. The molecule has 0 amide bonds. The molecule has 20 heavy (non-hydrogen) atoms. The van der Waals surface area contributed by atoms with E-state index >= 15 is 0 Å². The number of benzene rings is 2. The second kappa shape index (κ2) is 5.69. The number of nitrogens with zero attached hydrogens (tertiary/aromatic N) is 2. The van der Waals surface area contributed by atoms with Crippen molar-refractivity contribution in [2.75, 3.05) is 0 Å². The molecule has 0 aromatic heterocycles. The monoisotopic (exact) mass is 262 g/mol. The van der Waals surface area contributed by atoms with Gasteiger partial charge in [-0.25, -0.2) is 4.79 Å². The number of carboxylic acid groups (broad SMARTS) is 1. The summed E-state index contributed by atoms with van der Waals surface area (Å²) in [4.78, 5) is 10.8. The van der Waals surface area contributed by atoms with Crippen molar-refractivity contribution in [1.29, 1.82) is 10.5 Å². The molecule has 2 rings (SSSR count). The summed E-state index contributed by atoms with van der Waals surface area (Å²) in [6.07, 6.45) is 0.484. The number of aromatic carboxylic acids is 1. The Hall–Kier alpha value is -3.11. The lowest BCUT2D eigenvalue weighted by Crippen LogP contribution is -1.98.